The van der Waals surface area contributed by atoms with E-state index in [0.717, 1.165) is 4.68 Å². The first-order valence-electron chi connectivity index (χ1n) is 10.7. The summed E-state index contributed by atoms with van der Waals surface area (Å²) in [6.45, 7) is -0.0293. The number of nitrogens with one attached hydrogen (secondary N) is 1. The first-order valence-corrected chi connectivity index (χ1v) is 11.1. The largest absolute Gasteiger partial charge is 0.481 e. The fraction of sp³-hybridized carbons (Fsp3) is 0.160. The Morgan fingerprint density at radius 1 is 1.03 bits per heavy atom. The number of carboxylic acid groups (broad SMARTS) is 1. The molecule has 1 heterocycles. The summed E-state index contributed by atoms with van der Waals surface area (Å²) in [5, 5.41) is 31.8. The van der Waals surface area contributed by atoms with E-state index in [2.05, 4.69) is 15.6 Å². The van der Waals surface area contributed by atoms with Crippen LogP contribution in [0.25, 0.3) is 10.9 Å². The second-order valence-electron chi connectivity index (χ2n) is 7.90. The number of rotatable bonds is 8. The van der Waals surface area contributed by atoms with Crippen LogP contribution in [0.3, 0.4) is 0 Å². The van der Waals surface area contributed by atoms with Crippen LogP contribution in [0, 0.1) is 5.92 Å². The Balaban J connectivity index is 1.45. The number of amides is 1. The highest BCUT2D eigenvalue weighted by atomic mass is 35.5. The standard InChI is InChI=1S/C25H21ClN4O5/c26-17-5-3-4-16(14-17)23(32)27-18-10-8-15(9-11-18)22(31)20(25(34)35)12-13-30-24(33)19-6-1-2-7-21(19)28-29-30/h1-11,14,20,22,31H,12-13H2,(H,27,32)(H,34,35)/t20-,22+/m0/s1. The number of fused-ring (bicyclic) bond motifs is 1. The maximum absolute atomic E-state index is 12.6. The average Bonchev–Trinajstić information content (AvgIpc) is 2.85. The van der Waals surface area contributed by atoms with Gasteiger partial charge in [-0.25, -0.2) is 4.68 Å². The van der Waals surface area contributed by atoms with Crippen molar-refractivity contribution in [2.75, 3.05) is 5.32 Å². The van der Waals surface area contributed by atoms with Gasteiger partial charge in [0.1, 0.15) is 5.52 Å². The van der Waals surface area contributed by atoms with Crippen LogP contribution in [0.5, 0.6) is 0 Å². The van der Waals surface area contributed by atoms with E-state index >= 15 is 0 Å². The Bertz CT molecular complexity index is 1440. The van der Waals surface area contributed by atoms with Crippen LogP contribution in [0.4, 0.5) is 5.69 Å². The highest BCUT2D eigenvalue weighted by molar-refractivity contribution is 6.31. The molecule has 0 aliphatic heterocycles. The van der Waals surface area contributed by atoms with Gasteiger partial charge >= 0.3 is 5.97 Å². The number of benzene rings is 3. The topological polar surface area (TPSA) is 134 Å². The molecule has 3 aromatic carbocycles. The van der Waals surface area contributed by atoms with Crippen LogP contribution >= 0.6 is 11.6 Å². The number of aromatic nitrogens is 3. The van der Waals surface area contributed by atoms with Crippen molar-refractivity contribution in [3.63, 3.8) is 0 Å². The van der Waals surface area contributed by atoms with Gasteiger partial charge in [-0.1, -0.05) is 47.1 Å². The number of aliphatic hydroxyl groups is 1. The highest BCUT2D eigenvalue weighted by Crippen LogP contribution is 2.27. The van der Waals surface area contributed by atoms with Crippen LogP contribution in [-0.4, -0.2) is 37.1 Å². The van der Waals surface area contributed by atoms with Gasteiger partial charge in [-0.05, 0) is 54.4 Å². The lowest BCUT2D eigenvalue weighted by molar-refractivity contribution is -0.146. The third kappa shape index (κ3) is 5.53. The van der Waals surface area contributed by atoms with Gasteiger partial charge < -0.3 is 15.5 Å². The summed E-state index contributed by atoms with van der Waals surface area (Å²) in [4.78, 5) is 36.9. The molecule has 178 valence electrons. The number of halogens is 1. The van der Waals surface area contributed by atoms with Crippen LogP contribution in [0.2, 0.25) is 5.02 Å². The molecule has 9 nitrogen and oxygen atoms in total. The minimum Gasteiger partial charge on any atom is -0.481 e. The smallest absolute Gasteiger partial charge is 0.309 e. The van der Waals surface area contributed by atoms with Crippen molar-refractivity contribution in [3.8, 4) is 0 Å². The van der Waals surface area contributed by atoms with E-state index in [-0.39, 0.29) is 24.4 Å². The molecule has 0 aliphatic carbocycles. The van der Waals surface area contributed by atoms with Crippen molar-refractivity contribution in [1.82, 2.24) is 15.0 Å². The number of carbonyl (C=O) groups excluding carboxylic acids is 1. The van der Waals surface area contributed by atoms with Crippen molar-refractivity contribution in [2.24, 2.45) is 5.92 Å². The Morgan fingerprint density at radius 2 is 1.77 bits per heavy atom. The van der Waals surface area contributed by atoms with E-state index in [1.54, 1.807) is 54.6 Å². The Hall–Kier alpha value is -4.08. The molecule has 0 radical (unpaired) electrons. The summed E-state index contributed by atoms with van der Waals surface area (Å²) < 4.78 is 1.10. The molecule has 2 atom stereocenters. The summed E-state index contributed by atoms with van der Waals surface area (Å²) in [5.41, 5.74) is 1.28. The van der Waals surface area contributed by atoms with Crippen LogP contribution in [0.1, 0.15) is 28.4 Å². The number of aliphatic carboxylic acids is 1. The molecule has 0 saturated carbocycles. The predicted molar refractivity (Wildman–Crippen MR) is 130 cm³/mol. The lowest BCUT2D eigenvalue weighted by Crippen LogP contribution is -2.29. The zero-order valence-corrected chi connectivity index (χ0v) is 19.1. The molecule has 0 unspecified atom stereocenters. The lowest BCUT2D eigenvalue weighted by atomic mass is 9.92. The molecule has 0 saturated heterocycles. The third-order valence-corrected chi connectivity index (χ3v) is 5.81. The van der Waals surface area contributed by atoms with Gasteiger partial charge in [0, 0.05) is 22.8 Å². The fourth-order valence-corrected chi connectivity index (χ4v) is 3.87. The molecule has 0 spiro atoms. The molecule has 35 heavy (non-hydrogen) atoms. The first-order chi connectivity index (χ1) is 16.8. The lowest BCUT2D eigenvalue weighted by Gasteiger charge is -2.20. The zero-order chi connectivity index (χ0) is 24.9. The number of aliphatic hydroxyl groups excluding tert-OH is 1. The number of hydrogen-bond donors (Lipinski definition) is 3. The maximum atomic E-state index is 12.6. The van der Waals surface area contributed by atoms with Gasteiger partial charge in [-0.2, -0.15) is 0 Å². The molecule has 0 aliphatic rings. The molecular weight excluding hydrogens is 472 g/mol. The maximum Gasteiger partial charge on any atom is 0.309 e. The van der Waals surface area contributed by atoms with Crippen molar-refractivity contribution in [2.45, 2.75) is 19.1 Å². The van der Waals surface area contributed by atoms with Crippen molar-refractivity contribution in [1.29, 1.82) is 0 Å². The van der Waals surface area contributed by atoms with Gasteiger partial charge in [-0.15, -0.1) is 5.10 Å². The summed E-state index contributed by atoms with van der Waals surface area (Å²) in [6, 6.07) is 19.4. The minimum absolute atomic E-state index is 0.0293. The number of nitrogens with zero attached hydrogens (tertiary/aromatic N) is 3. The zero-order valence-electron chi connectivity index (χ0n) is 18.3. The normalized spacial score (nSPS) is 12.7. The number of anilines is 1. The van der Waals surface area contributed by atoms with Crippen molar-refractivity contribution >= 4 is 40.1 Å². The van der Waals surface area contributed by atoms with Gasteiger partial charge in [-0.3, -0.25) is 14.4 Å². The van der Waals surface area contributed by atoms with Crippen LogP contribution in [0.15, 0.2) is 77.6 Å². The third-order valence-electron chi connectivity index (χ3n) is 5.58. The highest BCUT2D eigenvalue weighted by Gasteiger charge is 2.28. The number of hydrogen-bond acceptors (Lipinski definition) is 6. The molecule has 0 fully saturated rings. The Labute approximate surface area is 204 Å². The average molecular weight is 493 g/mol. The fourth-order valence-electron chi connectivity index (χ4n) is 3.68. The van der Waals surface area contributed by atoms with E-state index in [4.69, 9.17) is 11.6 Å². The summed E-state index contributed by atoms with van der Waals surface area (Å²) in [7, 11) is 0. The molecule has 1 aromatic heterocycles. The van der Waals surface area contributed by atoms with E-state index in [1.807, 2.05) is 0 Å². The van der Waals surface area contributed by atoms with E-state index < -0.39 is 18.0 Å². The van der Waals surface area contributed by atoms with Crippen LogP contribution in [-0.2, 0) is 11.3 Å². The number of carboxylic acids is 1. The minimum atomic E-state index is -1.34. The van der Waals surface area contributed by atoms with E-state index in [0.29, 0.717) is 32.7 Å². The molecule has 0 bridgehead atoms. The monoisotopic (exact) mass is 492 g/mol. The van der Waals surface area contributed by atoms with Crippen molar-refractivity contribution < 1.29 is 19.8 Å². The second kappa shape index (κ2) is 10.5. The quantitative estimate of drug-likeness (QED) is 0.342. The molecule has 3 N–H and O–H groups in total. The molecule has 10 heteroatoms. The van der Waals surface area contributed by atoms with E-state index in [9.17, 15) is 24.6 Å². The molecule has 4 aromatic rings. The first kappa shape index (κ1) is 24.1. The second-order valence-corrected chi connectivity index (χ2v) is 8.34. The van der Waals surface area contributed by atoms with Gasteiger partial charge in [0.15, 0.2) is 0 Å². The molecular formula is C25H21ClN4O5. The molecule has 4 rings (SSSR count). The van der Waals surface area contributed by atoms with E-state index in [1.165, 1.54) is 18.2 Å². The number of aryl methyl sites for hydroxylation is 1. The van der Waals surface area contributed by atoms with Gasteiger partial charge in [0.2, 0.25) is 0 Å². The van der Waals surface area contributed by atoms with Crippen molar-refractivity contribution in [3.05, 3.63) is 99.3 Å². The summed E-state index contributed by atoms with van der Waals surface area (Å²) >= 11 is 5.92. The molecule has 1 amide bonds. The van der Waals surface area contributed by atoms with Gasteiger partial charge in [0.25, 0.3) is 11.5 Å². The Kier molecular flexibility index (Phi) is 7.19. The number of carbonyl (C=O) groups is 2. The predicted octanol–water partition coefficient (Wildman–Crippen LogP) is 3.52. The summed E-state index contributed by atoms with van der Waals surface area (Å²) in [5.74, 6) is -2.76. The SMILES string of the molecule is O=C(Nc1ccc([C@@H](O)[C@H](CCn2nnc3ccccc3c2=O)C(=O)O)cc1)c1cccc(Cl)c1. The summed E-state index contributed by atoms with van der Waals surface area (Å²) in [6.07, 6.45) is -1.38. The Morgan fingerprint density at radius 3 is 2.49 bits per heavy atom. The van der Waals surface area contributed by atoms with Crippen LogP contribution < -0.4 is 10.9 Å². The van der Waals surface area contributed by atoms with Gasteiger partial charge in [0.05, 0.1) is 17.4 Å².